The molecule has 0 aliphatic heterocycles. The summed E-state index contributed by atoms with van der Waals surface area (Å²) in [5.41, 5.74) is 1.36. The second-order valence-corrected chi connectivity index (χ2v) is 6.46. The molecule has 4 rings (SSSR count). The monoisotopic (exact) mass is 411 g/mol. The number of nitrogens with one attached hydrogen (secondary N) is 1. The first kappa shape index (κ1) is 18.6. The summed E-state index contributed by atoms with van der Waals surface area (Å²) in [6.45, 7) is 0. The van der Waals surface area contributed by atoms with Crippen LogP contribution in [0.1, 0.15) is 10.4 Å². The lowest BCUT2D eigenvalue weighted by Gasteiger charge is -2.06. The van der Waals surface area contributed by atoms with Gasteiger partial charge in [0.05, 0.1) is 21.1 Å². The highest BCUT2D eigenvalue weighted by Gasteiger charge is 2.16. The highest BCUT2D eigenvalue weighted by Crippen LogP contribution is 2.28. The first-order valence-corrected chi connectivity index (χ1v) is 8.71. The van der Waals surface area contributed by atoms with Gasteiger partial charge in [0.25, 0.3) is 11.6 Å². The SMILES string of the molecule is O=C(Nc1ccc2oc(-c3ccccc3F)nc2c1)c1ccc([N+](=O)[O-])cc1Cl. The Morgan fingerprint density at radius 3 is 2.66 bits per heavy atom. The van der Waals surface area contributed by atoms with Gasteiger partial charge in [-0.1, -0.05) is 23.7 Å². The zero-order valence-electron chi connectivity index (χ0n) is 14.6. The number of rotatable bonds is 4. The lowest BCUT2D eigenvalue weighted by Crippen LogP contribution is -2.12. The third-order valence-corrected chi connectivity index (χ3v) is 4.47. The number of hydrogen-bond donors (Lipinski definition) is 1. The minimum absolute atomic E-state index is 0.0407. The Balaban J connectivity index is 1.61. The van der Waals surface area contributed by atoms with Crippen LogP contribution in [0.4, 0.5) is 15.8 Å². The van der Waals surface area contributed by atoms with E-state index < -0.39 is 16.6 Å². The second kappa shape index (κ2) is 7.33. The predicted molar refractivity (Wildman–Crippen MR) is 105 cm³/mol. The van der Waals surface area contributed by atoms with Crippen molar-refractivity contribution in [2.24, 2.45) is 0 Å². The van der Waals surface area contributed by atoms with Gasteiger partial charge in [0.15, 0.2) is 5.58 Å². The van der Waals surface area contributed by atoms with Crippen LogP contribution in [-0.4, -0.2) is 15.8 Å². The van der Waals surface area contributed by atoms with Gasteiger partial charge >= 0.3 is 0 Å². The highest BCUT2D eigenvalue weighted by molar-refractivity contribution is 6.34. The van der Waals surface area contributed by atoms with Gasteiger partial charge in [-0.2, -0.15) is 0 Å². The summed E-state index contributed by atoms with van der Waals surface area (Å²) in [5, 5.41) is 13.4. The number of carbonyl (C=O) groups is 1. The number of non-ortho nitro benzene ring substituents is 1. The van der Waals surface area contributed by atoms with Gasteiger partial charge in [-0.05, 0) is 36.4 Å². The van der Waals surface area contributed by atoms with Crippen molar-refractivity contribution in [1.29, 1.82) is 0 Å². The van der Waals surface area contributed by atoms with Gasteiger partial charge in [-0.15, -0.1) is 0 Å². The van der Waals surface area contributed by atoms with Crippen LogP contribution in [0, 0.1) is 15.9 Å². The number of carbonyl (C=O) groups excluding carboxylic acids is 1. The summed E-state index contributed by atoms with van der Waals surface area (Å²) < 4.78 is 19.5. The van der Waals surface area contributed by atoms with Crippen LogP contribution in [-0.2, 0) is 0 Å². The third kappa shape index (κ3) is 3.65. The molecule has 1 aromatic heterocycles. The number of oxazole rings is 1. The van der Waals surface area contributed by atoms with E-state index in [1.54, 1.807) is 36.4 Å². The van der Waals surface area contributed by atoms with Crippen LogP contribution in [0.3, 0.4) is 0 Å². The predicted octanol–water partition coefficient (Wildman–Crippen LogP) is 5.45. The maximum absolute atomic E-state index is 13.9. The Kier molecular flexibility index (Phi) is 4.69. The number of nitrogens with zero attached hydrogens (tertiary/aromatic N) is 2. The Morgan fingerprint density at radius 2 is 1.93 bits per heavy atom. The number of amides is 1. The molecule has 0 atom stereocenters. The molecule has 1 N–H and O–H groups in total. The number of nitro groups is 1. The highest BCUT2D eigenvalue weighted by atomic mass is 35.5. The molecule has 0 spiro atoms. The Bertz CT molecular complexity index is 1270. The van der Waals surface area contributed by atoms with Crippen molar-refractivity contribution in [2.45, 2.75) is 0 Å². The lowest BCUT2D eigenvalue weighted by molar-refractivity contribution is -0.384. The zero-order chi connectivity index (χ0) is 20.5. The van der Waals surface area contributed by atoms with Gasteiger partial charge in [-0.25, -0.2) is 9.37 Å². The molecule has 0 aliphatic rings. The quantitative estimate of drug-likeness (QED) is 0.355. The van der Waals surface area contributed by atoms with Gasteiger partial charge in [-0.3, -0.25) is 14.9 Å². The second-order valence-electron chi connectivity index (χ2n) is 6.06. The van der Waals surface area contributed by atoms with Crippen LogP contribution in [0.5, 0.6) is 0 Å². The summed E-state index contributed by atoms with van der Waals surface area (Å²) in [4.78, 5) is 26.9. The van der Waals surface area contributed by atoms with E-state index in [0.29, 0.717) is 16.8 Å². The Hall–Kier alpha value is -3.78. The summed E-state index contributed by atoms with van der Waals surface area (Å²) in [5.74, 6) is -0.873. The number of benzene rings is 3. The largest absolute Gasteiger partial charge is 0.436 e. The Morgan fingerprint density at radius 1 is 1.14 bits per heavy atom. The average molecular weight is 412 g/mol. The van der Waals surface area contributed by atoms with Crippen LogP contribution in [0.2, 0.25) is 5.02 Å². The topological polar surface area (TPSA) is 98.3 Å². The molecule has 3 aromatic carbocycles. The van der Waals surface area contributed by atoms with Gasteiger partial charge in [0.1, 0.15) is 11.3 Å². The molecule has 0 radical (unpaired) electrons. The average Bonchev–Trinajstić information content (AvgIpc) is 3.11. The van der Waals surface area contributed by atoms with Crippen LogP contribution in [0.25, 0.3) is 22.6 Å². The van der Waals surface area contributed by atoms with Crippen molar-refractivity contribution < 1.29 is 18.5 Å². The molecule has 4 aromatic rings. The molecule has 0 saturated carbocycles. The van der Waals surface area contributed by atoms with Crippen molar-refractivity contribution >= 4 is 40.0 Å². The normalized spacial score (nSPS) is 10.8. The van der Waals surface area contributed by atoms with Gasteiger partial charge < -0.3 is 9.73 Å². The summed E-state index contributed by atoms with van der Waals surface area (Å²) in [7, 11) is 0. The number of aromatic nitrogens is 1. The standard InChI is InChI=1S/C20H11ClFN3O4/c21-15-10-12(25(27)28)6-7-13(15)19(26)23-11-5-8-18-17(9-11)24-20(29-18)14-3-1-2-4-16(14)22/h1-10H,(H,23,26). The number of anilines is 1. The zero-order valence-corrected chi connectivity index (χ0v) is 15.3. The third-order valence-electron chi connectivity index (χ3n) is 4.16. The van der Waals surface area contributed by atoms with Gasteiger partial charge in [0.2, 0.25) is 5.89 Å². The first-order chi connectivity index (χ1) is 13.9. The smallest absolute Gasteiger partial charge is 0.270 e. The van der Waals surface area contributed by atoms with E-state index in [1.165, 1.54) is 18.2 Å². The maximum atomic E-state index is 13.9. The fourth-order valence-corrected chi connectivity index (χ4v) is 3.02. The van der Waals surface area contributed by atoms with Crippen LogP contribution >= 0.6 is 11.6 Å². The molecule has 0 saturated heterocycles. The molecule has 0 fully saturated rings. The van der Waals surface area contributed by atoms with Crippen molar-refractivity contribution in [1.82, 2.24) is 4.98 Å². The molecule has 9 heteroatoms. The van der Waals surface area contributed by atoms with Crippen molar-refractivity contribution in [3.8, 4) is 11.5 Å². The minimum atomic E-state index is -0.598. The Labute approximate surface area is 167 Å². The molecule has 0 unspecified atom stereocenters. The summed E-state index contributed by atoms with van der Waals surface area (Å²) in [6.07, 6.45) is 0. The molecule has 29 heavy (non-hydrogen) atoms. The number of fused-ring (bicyclic) bond motifs is 1. The van der Waals surface area contributed by atoms with E-state index >= 15 is 0 Å². The van der Waals surface area contributed by atoms with E-state index in [9.17, 15) is 19.3 Å². The minimum Gasteiger partial charge on any atom is -0.436 e. The molecular weight excluding hydrogens is 401 g/mol. The summed E-state index contributed by atoms with van der Waals surface area (Å²) >= 11 is 5.99. The van der Waals surface area contributed by atoms with Crippen LogP contribution < -0.4 is 5.32 Å². The number of halogens is 2. The van der Waals surface area contributed by atoms with E-state index in [4.69, 9.17) is 16.0 Å². The molecule has 1 heterocycles. The van der Waals surface area contributed by atoms with E-state index in [2.05, 4.69) is 10.3 Å². The summed E-state index contributed by atoms with van der Waals surface area (Å²) in [6, 6.07) is 14.4. The molecule has 144 valence electrons. The fourth-order valence-electron chi connectivity index (χ4n) is 2.76. The van der Waals surface area contributed by atoms with Crippen LogP contribution in [0.15, 0.2) is 65.1 Å². The fraction of sp³-hybridized carbons (Fsp3) is 0. The maximum Gasteiger partial charge on any atom is 0.270 e. The molecule has 0 aliphatic carbocycles. The van der Waals surface area contributed by atoms with E-state index in [1.807, 2.05) is 0 Å². The molecular formula is C20H11ClFN3O4. The van der Waals surface area contributed by atoms with E-state index in [-0.39, 0.29) is 27.7 Å². The van der Waals surface area contributed by atoms with Gasteiger partial charge in [0, 0.05) is 17.8 Å². The first-order valence-electron chi connectivity index (χ1n) is 8.33. The number of hydrogen-bond acceptors (Lipinski definition) is 5. The molecule has 0 bridgehead atoms. The van der Waals surface area contributed by atoms with E-state index in [0.717, 1.165) is 6.07 Å². The van der Waals surface area contributed by atoms with Crippen molar-refractivity contribution in [3.63, 3.8) is 0 Å². The lowest BCUT2D eigenvalue weighted by atomic mass is 10.2. The molecule has 7 nitrogen and oxygen atoms in total. The van der Waals surface area contributed by atoms with Crippen molar-refractivity contribution in [3.05, 3.63) is 87.2 Å². The van der Waals surface area contributed by atoms with Crippen molar-refractivity contribution in [2.75, 3.05) is 5.32 Å². The number of nitro benzene ring substituents is 1. The molecule has 1 amide bonds.